The second-order valence-corrected chi connectivity index (χ2v) is 7.03. The van der Waals surface area contributed by atoms with Crippen molar-refractivity contribution in [2.24, 2.45) is 5.41 Å². The summed E-state index contributed by atoms with van der Waals surface area (Å²) in [6.07, 6.45) is 0.299. The van der Waals surface area contributed by atoms with Gasteiger partial charge in [-0.15, -0.1) is 0 Å². The maximum absolute atomic E-state index is 11.9. The number of hydrogen-bond donors (Lipinski definition) is 1. The van der Waals surface area contributed by atoms with Crippen molar-refractivity contribution in [3.63, 3.8) is 0 Å². The number of aryl methyl sites for hydroxylation is 2. The van der Waals surface area contributed by atoms with E-state index in [0.29, 0.717) is 6.42 Å². The van der Waals surface area contributed by atoms with Crippen molar-refractivity contribution in [2.75, 3.05) is 6.61 Å². The number of esters is 1. The van der Waals surface area contributed by atoms with Crippen molar-refractivity contribution in [3.8, 4) is 0 Å². The van der Waals surface area contributed by atoms with Gasteiger partial charge < -0.3 is 10.1 Å². The van der Waals surface area contributed by atoms with Gasteiger partial charge in [0.05, 0.1) is 12.5 Å². The molecule has 1 unspecified atom stereocenters. The zero-order chi connectivity index (χ0) is 16.9. The van der Waals surface area contributed by atoms with Gasteiger partial charge in [-0.2, -0.15) is 0 Å². The fourth-order valence-corrected chi connectivity index (χ4v) is 2.03. The van der Waals surface area contributed by atoms with E-state index in [0.717, 1.165) is 5.56 Å². The highest BCUT2D eigenvalue weighted by Gasteiger charge is 2.18. The number of hydrogen-bond acceptors (Lipinski definition) is 3. The number of ether oxygens (including phenoxy) is 1. The first-order chi connectivity index (χ1) is 10.1. The van der Waals surface area contributed by atoms with Gasteiger partial charge in [-0.05, 0) is 42.9 Å². The molecule has 0 aliphatic heterocycles. The Bertz CT molecular complexity index is 544. The van der Waals surface area contributed by atoms with Crippen LogP contribution in [0.5, 0.6) is 0 Å². The summed E-state index contributed by atoms with van der Waals surface area (Å²) in [6, 6.07) is 5.98. The molecule has 122 valence electrons. The fraction of sp³-hybridized carbons (Fsp3) is 0.556. The van der Waals surface area contributed by atoms with Crippen LogP contribution in [0.15, 0.2) is 18.2 Å². The van der Waals surface area contributed by atoms with Gasteiger partial charge in [-0.3, -0.25) is 9.59 Å². The molecule has 4 nitrogen and oxygen atoms in total. The van der Waals surface area contributed by atoms with Crippen molar-refractivity contribution < 1.29 is 14.3 Å². The Balaban J connectivity index is 2.47. The molecule has 4 heteroatoms. The standard InChI is InChI=1S/C18H27NO3/c1-12-7-8-15(9-13(12)2)14(3)19-16(20)11-22-17(21)10-18(4,5)6/h7-9,14H,10-11H2,1-6H3,(H,19,20). The Hall–Kier alpha value is -1.84. The summed E-state index contributed by atoms with van der Waals surface area (Å²) in [6.45, 7) is 11.6. The number of amides is 1. The summed E-state index contributed by atoms with van der Waals surface area (Å²) >= 11 is 0. The van der Waals surface area contributed by atoms with Crippen LogP contribution in [0.4, 0.5) is 0 Å². The molecule has 1 amide bonds. The average Bonchev–Trinajstić information content (AvgIpc) is 2.37. The Labute approximate surface area is 133 Å². The Morgan fingerprint density at radius 2 is 1.82 bits per heavy atom. The Kier molecular flexibility index (Phi) is 6.15. The maximum atomic E-state index is 11.9. The molecule has 0 saturated heterocycles. The molecule has 0 fully saturated rings. The molecule has 0 aliphatic rings. The van der Waals surface area contributed by atoms with E-state index in [1.807, 2.05) is 46.8 Å². The van der Waals surface area contributed by atoms with Crippen LogP contribution < -0.4 is 5.32 Å². The zero-order valence-electron chi connectivity index (χ0n) is 14.4. The quantitative estimate of drug-likeness (QED) is 0.848. The highest BCUT2D eigenvalue weighted by atomic mass is 16.5. The van der Waals surface area contributed by atoms with Crippen LogP contribution in [0.25, 0.3) is 0 Å². The third kappa shape index (κ3) is 6.29. The molecule has 0 radical (unpaired) electrons. The molecule has 1 atom stereocenters. The lowest BCUT2D eigenvalue weighted by Gasteiger charge is -2.18. The molecular weight excluding hydrogens is 278 g/mol. The molecule has 1 aromatic carbocycles. The largest absolute Gasteiger partial charge is 0.456 e. The van der Waals surface area contributed by atoms with Gasteiger partial charge >= 0.3 is 5.97 Å². The van der Waals surface area contributed by atoms with Crippen LogP contribution in [0, 0.1) is 19.3 Å². The highest BCUT2D eigenvalue weighted by molar-refractivity contribution is 5.81. The van der Waals surface area contributed by atoms with Gasteiger partial charge in [0.2, 0.25) is 0 Å². The molecule has 0 heterocycles. The Morgan fingerprint density at radius 1 is 1.18 bits per heavy atom. The molecule has 1 N–H and O–H groups in total. The van der Waals surface area contributed by atoms with E-state index in [1.54, 1.807) is 0 Å². The normalized spacial score (nSPS) is 12.6. The Morgan fingerprint density at radius 3 is 2.36 bits per heavy atom. The molecule has 1 rings (SSSR count). The average molecular weight is 305 g/mol. The summed E-state index contributed by atoms with van der Waals surface area (Å²) in [5.41, 5.74) is 3.31. The van der Waals surface area contributed by atoms with Crippen LogP contribution in [-0.2, 0) is 14.3 Å². The number of rotatable bonds is 5. The van der Waals surface area contributed by atoms with Crippen molar-refractivity contribution in [1.29, 1.82) is 0 Å². The van der Waals surface area contributed by atoms with E-state index in [4.69, 9.17) is 4.74 Å². The summed E-state index contributed by atoms with van der Waals surface area (Å²) in [7, 11) is 0. The van der Waals surface area contributed by atoms with E-state index >= 15 is 0 Å². The van der Waals surface area contributed by atoms with Crippen molar-refractivity contribution in [2.45, 2.75) is 54.0 Å². The van der Waals surface area contributed by atoms with Gasteiger partial charge in [-0.25, -0.2) is 0 Å². The highest BCUT2D eigenvalue weighted by Crippen LogP contribution is 2.19. The minimum atomic E-state index is -0.346. The van der Waals surface area contributed by atoms with Gasteiger partial charge in [-0.1, -0.05) is 39.0 Å². The van der Waals surface area contributed by atoms with E-state index in [-0.39, 0.29) is 29.9 Å². The summed E-state index contributed by atoms with van der Waals surface area (Å²) in [5.74, 6) is -0.630. The second-order valence-electron chi connectivity index (χ2n) is 7.03. The van der Waals surface area contributed by atoms with Crippen LogP contribution in [0.2, 0.25) is 0 Å². The molecule has 0 aliphatic carbocycles. The molecule has 0 saturated carbocycles. The SMILES string of the molecule is Cc1ccc(C(C)NC(=O)COC(=O)CC(C)(C)C)cc1C. The monoisotopic (exact) mass is 305 g/mol. The molecular formula is C18H27NO3. The fourth-order valence-electron chi connectivity index (χ4n) is 2.03. The lowest BCUT2D eigenvalue weighted by molar-refractivity contribution is -0.150. The smallest absolute Gasteiger partial charge is 0.306 e. The number of carbonyl (C=O) groups excluding carboxylic acids is 2. The zero-order valence-corrected chi connectivity index (χ0v) is 14.4. The van der Waals surface area contributed by atoms with Crippen molar-refractivity contribution in [1.82, 2.24) is 5.32 Å². The minimum Gasteiger partial charge on any atom is -0.456 e. The molecule has 0 aromatic heterocycles. The second kappa shape index (κ2) is 7.43. The van der Waals surface area contributed by atoms with Crippen LogP contribution >= 0.6 is 0 Å². The van der Waals surface area contributed by atoms with Crippen LogP contribution in [-0.4, -0.2) is 18.5 Å². The molecule has 1 aromatic rings. The van der Waals surface area contributed by atoms with E-state index in [1.165, 1.54) is 11.1 Å². The van der Waals surface area contributed by atoms with Crippen molar-refractivity contribution >= 4 is 11.9 Å². The van der Waals surface area contributed by atoms with E-state index in [9.17, 15) is 9.59 Å². The first-order valence-electron chi connectivity index (χ1n) is 7.60. The van der Waals surface area contributed by atoms with Crippen LogP contribution in [0.3, 0.4) is 0 Å². The lowest BCUT2D eigenvalue weighted by atomic mass is 9.92. The first-order valence-corrected chi connectivity index (χ1v) is 7.60. The summed E-state index contributed by atoms with van der Waals surface area (Å²) < 4.78 is 5.01. The number of benzene rings is 1. The molecule has 0 spiro atoms. The van der Waals surface area contributed by atoms with Crippen molar-refractivity contribution in [3.05, 3.63) is 34.9 Å². The predicted octanol–water partition coefficient (Wildman–Crippen LogP) is 3.46. The van der Waals surface area contributed by atoms with Gasteiger partial charge in [0.15, 0.2) is 6.61 Å². The van der Waals surface area contributed by atoms with E-state index in [2.05, 4.69) is 18.3 Å². The predicted molar refractivity (Wildman–Crippen MR) is 87.5 cm³/mol. The third-order valence-electron chi connectivity index (χ3n) is 3.45. The van der Waals surface area contributed by atoms with Gasteiger partial charge in [0, 0.05) is 0 Å². The van der Waals surface area contributed by atoms with Gasteiger partial charge in [0.25, 0.3) is 5.91 Å². The third-order valence-corrected chi connectivity index (χ3v) is 3.45. The minimum absolute atomic E-state index is 0.117. The first kappa shape index (κ1) is 18.2. The van der Waals surface area contributed by atoms with E-state index < -0.39 is 0 Å². The lowest BCUT2D eigenvalue weighted by Crippen LogP contribution is -2.31. The van der Waals surface area contributed by atoms with Gasteiger partial charge in [0.1, 0.15) is 0 Å². The molecule has 0 bridgehead atoms. The topological polar surface area (TPSA) is 55.4 Å². The summed E-state index contributed by atoms with van der Waals surface area (Å²) in [4.78, 5) is 23.5. The number of carbonyl (C=O) groups is 2. The molecule has 22 heavy (non-hydrogen) atoms. The summed E-state index contributed by atoms with van der Waals surface area (Å²) in [5, 5.41) is 2.84. The maximum Gasteiger partial charge on any atom is 0.306 e. The van der Waals surface area contributed by atoms with Crippen LogP contribution in [0.1, 0.15) is 56.8 Å². The number of nitrogens with one attached hydrogen (secondary N) is 1.